The molecule has 3 nitrogen and oxygen atoms in total. The maximum atomic E-state index is 6.63. The van der Waals surface area contributed by atoms with Crippen molar-refractivity contribution in [2.24, 2.45) is 0 Å². The van der Waals surface area contributed by atoms with E-state index in [1.165, 1.54) is 43.9 Å². The van der Waals surface area contributed by atoms with E-state index in [2.05, 4.69) is 141 Å². The van der Waals surface area contributed by atoms with Crippen molar-refractivity contribution in [1.29, 1.82) is 0 Å². The van der Waals surface area contributed by atoms with Gasteiger partial charge in [0.25, 0.3) is 0 Å². The van der Waals surface area contributed by atoms with Crippen molar-refractivity contribution >= 4 is 32.9 Å². The molecule has 0 spiro atoms. The van der Waals surface area contributed by atoms with Gasteiger partial charge < -0.3 is 15.0 Å². The summed E-state index contributed by atoms with van der Waals surface area (Å²) in [5.74, 6) is 1.89. The molecule has 5 aromatic carbocycles. The predicted molar refractivity (Wildman–Crippen MR) is 180 cm³/mol. The Hall–Kier alpha value is -4.24. The Balaban J connectivity index is 1.46. The average Bonchev–Trinajstić information content (AvgIpc) is 3.34. The first kappa shape index (κ1) is 27.9. The molecule has 5 aromatic rings. The van der Waals surface area contributed by atoms with Gasteiger partial charge in [0, 0.05) is 24.2 Å². The highest BCUT2D eigenvalue weighted by molar-refractivity contribution is 5.92. The van der Waals surface area contributed by atoms with Crippen LogP contribution in [-0.4, -0.2) is 13.1 Å². The number of anilines is 2. The Morgan fingerprint density at radius 1 is 0.810 bits per heavy atom. The second kappa shape index (κ2) is 11.9. The van der Waals surface area contributed by atoms with Gasteiger partial charge in [-0.05, 0) is 89.6 Å². The molecule has 0 amide bonds. The molecule has 1 aliphatic rings. The third kappa shape index (κ3) is 5.48. The number of rotatable bonds is 10. The second-order valence-corrected chi connectivity index (χ2v) is 12.0. The summed E-state index contributed by atoms with van der Waals surface area (Å²) < 4.78 is 6.63. The maximum absolute atomic E-state index is 6.63. The first-order valence-corrected chi connectivity index (χ1v) is 15.5. The van der Waals surface area contributed by atoms with Crippen LogP contribution in [0.3, 0.4) is 0 Å². The summed E-state index contributed by atoms with van der Waals surface area (Å²) in [4.78, 5) is 2.37. The lowest BCUT2D eigenvalue weighted by atomic mass is 9.72. The Bertz CT molecular complexity index is 1740. The number of nitrogens with one attached hydrogen (secondary N) is 1. The SMILES string of the molecule is CCCNc1ccc2ccccc2c1C(C)(C/C=C1\Oc2cc3ccccc3cc2N1CCC)Cc1ccc(C)cc1. The van der Waals surface area contributed by atoms with Crippen molar-refractivity contribution in [2.45, 2.75) is 58.8 Å². The molecule has 1 unspecified atom stereocenters. The fourth-order valence-corrected chi connectivity index (χ4v) is 6.45. The van der Waals surface area contributed by atoms with E-state index in [4.69, 9.17) is 4.74 Å². The van der Waals surface area contributed by atoms with Gasteiger partial charge in [-0.3, -0.25) is 0 Å². The molecule has 1 N–H and O–H groups in total. The minimum absolute atomic E-state index is 0.181. The lowest BCUT2D eigenvalue weighted by molar-refractivity contribution is 0.420. The van der Waals surface area contributed by atoms with Gasteiger partial charge in [0.2, 0.25) is 0 Å². The smallest absolute Gasteiger partial charge is 0.196 e. The molecule has 1 aliphatic heterocycles. The minimum Gasteiger partial charge on any atom is -0.439 e. The third-order valence-corrected chi connectivity index (χ3v) is 8.59. The quantitative estimate of drug-likeness (QED) is 0.186. The lowest BCUT2D eigenvalue weighted by Crippen LogP contribution is -2.28. The van der Waals surface area contributed by atoms with Crippen LogP contribution in [0.5, 0.6) is 5.75 Å². The zero-order chi connectivity index (χ0) is 29.1. The average molecular weight is 555 g/mol. The summed E-state index contributed by atoms with van der Waals surface area (Å²) in [6, 6.07) is 35.4. The topological polar surface area (TPSA) is 24.5 Å². The molecule has 0 bridgehead atoms. The fraction of sp³-hybridized carbons (Fsp3) is 0.282. The van der Waals surface area contributed by atoms with E-state index in [0.717, 1.165) is 56.1 Å². The Labute approximate surface area is 250 Å². The number of benzene rings is 5. The van der Waals surface area contributed by atoms with E-state index < -0.39 is 0 Å². The van der Waals surface area contributed by atoms with Crippen LogP contribution in [0.4, 0.5) is 11.4 Å². The molecule has 0 fully saturated rings. The van der Waals surface area contributed by atoms with Crippen LogP contribution in [0.25, 0.3) is 21.5 Å². The van der Waals surface area contributed by atoms with Crippen molar-refractivity contribution in [1.82, 2.24) is 0 Å². The van der Waals surface area contributed by atoms with Gasteiger partial charge in [-0.15, -0.1) is 0 Å². The van der Waals surface area contributed by atoms with Gasteiger partial charge in [0.05, 0.1) is 5.69 Å². The van der Waals surface area contributed by atoms with Crippen molar-refractivity contribution in [3.8, 4) is 5.75 Å². The number of aryl methyl sites for hydroxylation is 1. The molecule has 0 saturated carbocycles. The number of ether oxygens (including phenoxy) is 1. The summed E-state index contributed by atoms with van der Waals surface area (Å²) in [5, 5.41) is 8.83. The molecule has 0 aromatic heterocycles. The zero-order valence-corrected chi connectivity index (χ0v) is 25.4. The summed E-state index contributed by atoms with van der Waals surface area (Å²) in [7, 11) is 0. The van der Waals surface area contributed by atoms with Gasteiger partial charge in [0.15, 0.2) is 11.6 Å². The summed E-state index contributed by atoms with van der Waals surface area (Å²) in [5.41, 5.74) is 6.24. The van der Waals surface area contributed by atoms with Gasteiger partial charge >= 0.3 is 0 Å². The van der Waals surface area contributed by atoms with Crippen LogP contribution in [-0.2, 0) is 11.8 Å². The summed E-state index contributed by atoms with van der Waals surface area (Å²) >= 11 is 0. The predicted octanol–water partition coefficient (Wildman–Crippen LogP) is 10.2. The highest BCUT2D eigenvalue weighted by Crippen LogP contribution is 2.45. The van der Waals surface area contributed by atoms with Gasteiger partial charge in [-0.25, -0.2) is 0 Å². The number of hydrogen-bond acceptors (Lipinski definition) is 3. The highest BCUT2D eigenvalue weighted by atomic mass is 16.5. The minimum atomic E-state index is -0.181. The molecule has 6 rings (SSSR count). The van der Waals surface area contributed by atoms with E-state index in [1.54, 1.807) is 0 Å². The standard InChI is InChI=1S/C39H42N2O/c1-5-23-40-34-20-19-30-11-9-10-14-33(30)38(34)39(4,27-29-17-15-28(3)16-18-29)22-21-37-41(24-6-2)35-25-31-12-7-8-13-32(31)26-36(35)42-37/h7-21,25-26,40H,5-6,22-24,27H2,1-4H3/b37-21-. The van der Waals surface area contributed by atoms with Crippen LogP contribution in [0.15, 0.2) is 109 Å². The maximum Gasteiger partial charge on any atom is 0.196 e. The lowest BCUT2D eigenvalue weighted by Gasteiger charge is -2.34. The molecule has 214 valence electrons. The second-order valence-electron chi connectivity index (χ2n) is 12.0. The molecule has 0 saturated heterocycles. The zero-order valence-electron chi connectivity index (χ0n) is 25.4. The Morgan fingerprint density at radius 3 is 2.26 bits per heavy atom. The molecule has 1 heterocycles. The van der Waals surface area contributed by atoms with Crippen molar-refractivity contribution < 1.29 is 4.74 Å². The molecular weight excluding hydrogens is 512 g/mol. The molecule has 42 heavy (non-hydrogen) atoms. The fourth-order valence-electron chi connectivity index (χ4n) is 6.45. The van der Waals surface area contributed by atoms with Crippen LogP contribution < -0.4 is 15.0 Å². The number of hydrogen-bond donors (Lipinski definition) is 1. The van der Waals surface area contributed by atoms with Crippen LogP contribution >= 0.6 is 0 Å². The normalized spacial score (nSPS) is 15.1. The van der Waals surface area contributed by atoms with Gasteiger partial charge in [0.1, 0.15) is 0 Å². The van der Waals surface area contributed by atoms with Gasteiger partial charge in [-0.1, -0.05) is 105 Å². The van der Waals surface area contributed by atoms with Crippen LogP contribution in [0.2, 0.25) is 0 Å². The molecule has 0 aliphatic carbocycles. The third-order valence-electron chi connectivity index (χ3n) is 8.59. The molecular formula is C39H42N2O. The first-order chi connectivity index (χ1) is 20.5. The molecule has 3 heteroatoms. The van der Waals surface area contributed by atoms with E-state index in [9.17, 15) is 0 Å². The Morgan fingerprint density at radius 2 is 1.52 bits per heavy atom. The van der Waals surface area contributed by atoms with Crippen molar-refractivity contribution in [3.05, 3.63) is 126 Å². The van der Waals surface area contributed by atoms with E-state index in [1.807, 2.05) is 0 Å². The van der Waals surface area contributed by atoms with Crippen LogP contribution in [0, 0.1) is 6.92 Å². The first-order valence-electron chi connectivity index (χ1n) is 15.5. The van der Waals surface area contributed by atoms with E-state index >= 15 is 0 Å². The van der Waals surface area contributed by atoms with E-state index in [0.29, 0.717) is 0 Å². The van der Waals surface area contributed by atoms with E-state index in [-0.39, 0.29) is 5.41 Å². The number of nitrogens with zero attached hydrogens (tertiary/aromatic N) is 1. The summed E-state index contributed by atoms with van der Waals surface area (Å²) in [6.07, 6.45) is 6.24. The number of allylic oxidation sites excluding steroid dienone is 1. The molecule has 0 radical (unpaired) electrons. The van der Waals surface area contributed by atoms with Crippen LogP contribution in [0.1, 0.15) is 56.7 Å². The van der Waals surface area contributed by atoms with Gasteiger partial charge in [-0.2, -0.15) is 0 Å². The van der Waals surface area contributed by atoms with Crippen molar-refractivity contribution in [3.63, 3.8) is 0 Å². The monoisotopic (exact) mass is 554 g/mol. The molecule has 1 atom stereocenters. The number of fused-ring (bicyclic) bond motifs is 3. The van der Waals surface area contributed by atoms with Crippen molar-refractivity contribution in [2.75, 3.05) is 23.3 Å². The Kier molecular flexibility index (Phi) is 7.93. The highest BCUT2D eigenvalue weighted by Gasteiger charge is 2.33. The largest absolute Gasteiger partial charge is 0.439 e. The summed E-state index contributed by atoms with van der Waals surface area (Å²) in [6.45, 7) is 10.9.